The second-order valence-corrected chi connectivity index (χ2v) is 10.5. The molecule has 0 aliphatic carbocycles. The lowest BCUT2D eigenvalue weighted by Crippen LogP contribution is -2.43. The Bertz CT molecular complexity index is 1070. The molecule has 8 nitrogen and oxygen atoms in total. The van der Waals surface area contributed by atoms with Crippen molar-refractivity contribution in [3.05, 3.63) is 42.1 Å². The van der Waals surface area contributed by atoms with Crippen LogP contribution in [0.2, 0.25) is 0 Å². The van der Waals surface area contributed by atoms with Gasteiger partial charge in [-0.1, -0.05) is 13.0 Å². The van der Waals surface area contributed by atoms with Crippen LogP contribution in [-0.2, 0) is 10.0 Å². The zero-order valence-corrected chi connectivity index (χ0v) is 19.8. The van der Waals surface area contributed by atoms with Gasteiger partial charge in [0, 0.05) is 31.4 Å². The minimum Gasteiger partial charge on any atom is -0.357 e. The van der Waals surface area contributed by atoms with Crippen LogP contribution in [0.4, 0.5) is 11.6 Å². The van der Waals surface area contributed by atoms with Crippen molar-refractivity contribution in [1.29, 1.82) is 0 Å². The third kappa shape index (κ3) is 4.51. The van der Waals surface area contributed by atoms with Crippen molar-refractivity contribution < 1.29 is 13.2 Å². The number of nitrogens with zero attached hydrogens (tertiary/aromatic N) is 4. The zero-order chi connectivity index (χ0) is 23.0. The summed E-state index contributed by atoms with van der Waals surface area (Å²) in [5.74, 6) is 0.702. The summed E-state index contributed by atoms with van der Waals surface area (Å²) in [4.78, 5) is 25.6. The molecular weight excluding hydrogens is 414 g/mol. The van der Waals surface area contributed by atoms with E-state index in [1.807, 2.05) is 25.8 Å². The van der Waals surface area contributed by atoms with Gasteiger partial charge in [0.25, 0.3) is 15.9 Å². The first-order chi connectivity index (χ1) is 14.4. The van der Waals surface area contributed by atoms with Crippen LogP contribution in [-0.4, -0.2) is 49.5 Å². The average Bonchev–Trinajstić information content (AvgIpc) is 2.99. The monoisotopic (exact) mass is 445 g/mol. The standard InChI is InChI=1S/C22H31N5O3S/c1-15(2)26(6)18-10-7-11-19(24-18)31(29,30)25-21(28)17-9-8-13-23-20(17)27-14-12-16(3)22(27,4)5/h7-11,13,15-16H,12,14H2,1-6H3,(H,25,28). The van der Waals surface area contributed by atoms with Gasteiger partial charge < -0.3 is 9.80 Å². The minimum absolute atomic E-state index is 0.143. The molecule has 0 saturated carbocycles. The topological polar surface area (TPSA) is 95.5 Å². The number of nitrogens with one attached hydrogen (secondary N) is 1. The third-order valence-corrected chi connectivity index (χ3v) is 7.55. The maximum Gasteiger partial charge on any atom is 0.281 e. The number of amides is 1. The second-order valence-electron chi connectivity index (χ2n) is 8.84. The van der Waals surface area contributed by atoms with E-state index in [1.165, 1.54) is 6.07 Å². The molecule has 1 fully saturated rings. The lowest BCUT2D eigenvalue weighted by Gasteiger charge is -2.36. The van der Waals surface area contributed by atoms with E-state index in [4.69, 9.17) is 0 Å². The summed E-state index contributed by atoms with van der Waals surface area (Å²) in [6.45, 7) is 11.1. The Morgan fingerprint density at radius 2 is 1.97 bits per heavy atom. The fourth-order valence-electron chi connectivity index (χ4n) is 3.64. The lowest BCUT2D eigenvalue weighted by molar-refractivity contribution is 0.0981. The van der Waals surface area contributed by atoms with Gasteiger partial charge in [-0.15, -0.1) is 0 Å². The molecule has 1 unspecified atom stereocenters. The molecule has 0 aromatic carbocycles. The van der Waals surface area contributed by atoms with E-state index >= 15 is 0 Å². The van der Waals surface area contributed by atoms with Crippen LogP contribution in [0, 0.1) is 5.92 Å². The highest BCUT2D eigenvalue weighted by Gasteiger charge is 2.40. The summed E-state index contributed by atoms with van der Waals surface area (Å²) < 4.78 is 28.0. The Morgan fingerprint density at radius 1 is 1.26 bits per heavy atom. The van der Waals surface area contributed by atoms with Crippen LogP contribution in [0.25, 0.3) is 0 Å². The Morgan fingerprint density at radius 3 is 2.58 bits per heavy atom. The van der Waals surface area contributed by atoms with Crippen molar-refractivity contribution in [2.45, 2.75) is 57.6 Å². The van der Waals surface area contributed by atoms with Gasteiger partial charge in [0.05, 0.1) is 5.56 Å². The molecule has 1 amide bonds. The Balaban J connectivity index is 1.90. The lowest BCUT2D eigenvalue weighted by atomic mass is 9.90. The molecule has 0 spiro atoms. The molecule has 0 radical (unpaired) electrons. The number of carbonyl (C=O) groups excluding carboxylic acids is 1. The fourth-order valence-corrected chi connectivity index (χ4v) is 4.57. The third-order valence-electron chi connectivity index (χ3n) is 6.32. The number of anilines is 2. The number of sulfonamides is 1. The first-order valence-corrected chi connectivity index (χ1v) is 11.9. The highest BCUT2D eigenvalue weighted by molar-refractivity contribution is 7.90. The summed E-state index contributed by atoms with van der Waals surface area (Å²) in [7, 11) is -2.32. The van der Waals surface area contributed by atoms with Crippen LogP contribution in [0.15, 0.2) is 41.6 Å². The van der Waals surface area contributed by atoms with Crippen molar-refractivity contribution in [2.24, 2.45) is 5.92 Å². The predicted molar refractivity (Wildman–Crippen MR) is 122 cm³/mol. The van der Waals surface area contributed by atoms with Crippen molar-refractivity contribution in [1.82, 2.24) is 14.7 Å². The smallest absolute Gasteiger partial charge is 0.281 e. The molecule has 1 aliphatic heterocycles. The summed E-state index contributed by atoms with van der Waals surface area (Å²) in [6, 6.07) is 8.10. The summed E-state index contributed by atoms with van der Waals surface area (Å²) >= 11 is 0. The molecule has 1 aliphatic rings. The molecule has 1 N–H and O–H groups in total. The molecule has 31 heavy (non-hydrogen) atoms. The largest absolute Gasteiger partial charge is 0.357 e. The minimum atomic E-state index is -4.15. The number of rotatable bonds is 6. The predicted octanol–water partition coefficient (Wildman–Crippen LogP) is 3.06. The molecule has 2 aromatic rings. The first kappa shape index (κ1) is 23.0. The fraction of sp³-hybridized carbons (Fsp3) is 0.500. The maximum absolute atomic E-state index is 13.0. The molecule has 1 saturated heterocycles. The van der Waals surface area contributed by atoms with Gasteiger partial charge in [-0.3, -0.25) is 4.79 Å². The Kier molecular flexibility index (Phi) is 6.27. The van der Waals surface area contributed by atoms with Crippen molar-refractivity contribution in [2.75, 3.05) is 23.4 Å². The van der Waals surface area contributed by atoms with Gasteiger partial charge in [-0.2, -0.15) is 8.42 Å². The molecule has 1 atom stereocenters. The highest BCUT2D eigenvalue weighted by Crippen LogP contribution is 2.38. The van der Waals surface area contributed by atoms with Crippen LogP contribution in [0.3, 0.4) is 0 Å². The van der Waals surface area contributed by atoms with Gasteiger partial charge in [-0.25, -0.2) is 14.7 Å². The van der Waals surface area contributed by atoms with Crippen LogP contribution in [0.1, 0.15) is 51.4 Å². The van der Waals surface area contributed by atoms with Gasteiger partial charge in [0.15, 0.2) is 5.03 Å². The van der Waals surface area contributed by atoms with E-state index in [9.17, 15) is 13.2 Å². The maximum atomic E-state index is 13.0. The number of hydrogen-bond donors (Lipinski definition) is 1. The average molecular weight is 446 g/mol. The van der Waals surface area contributed by atoms with Crippen LogP contribution >= 0.6 is 0 Å². The van der Waals surface area contributed by atoms with E-state index in [2.05, 4.69) is 40.4 Å². The molecule has 9 heteroatoms. The summed E-state index contributed by atoms with van der Waals surface area (Å²) in [6.07, 6.45) is 2.59. The molecule has 168 valence electrons. The summed E-state index contributed by atoms with van der Waals surface area (Å²) in [5.41, 5.74) is 0.0308. The molecule has 0 bridgehead atoms. The van der Waals surface area contributed by atoms with Gasteiger partial charge >= 0.3 is 0 Å². The molecule has 2 aromatic heterocycles. The van der Waals surface area contributed by atoms with E-state index in [0.29, 0.717) is 17.6 Å². The molecule has 3 rings (SSSR count). The van der Waals surface area contributed by atoms with Crippen molar-refractivity contribution in [3.8, 4) is 0 Å². The van der Waals surface area contributed by atoms with Gasteiger partial charge in [-0.05, 0) is 64.3 Å². The number of pyridine rings is 2. The molecule has 3 heterocycles. The quantitative estimate of drug-likeness (QED) is 0.730. The van der Waals surface area contributed by atoms with E-state index in [0.717, 1.165) is 13.0 Å². The highest BCUT2D eigenvalue weighted by atomic mass is 32.2. The van der Waals surface area contributed by atoms with E-state index in [1.54, 1.807) is 30.5 Å². The van der Waals surface area contributed by atoms with E-state index < -0.39 is 15.9 Å². The van der Waals surface area contributed by atoms with Crippen LogP contribution in [0.5, 0.6) is 0 Å². The number of hydrogen-bond acceptors (Lipinski definition) is 7. The van der Waals surface area contributed by atoms with E-state index in [-0.39, 0.29) is 22.2 Å². The van der Waals surface area contributed by atoms with Crippen LogP contribution < -0.4 is 14.5 Å². The zero-order valence-electron chi connectivity index (χ0n) is 19.0. The van der Waals surface area contributed by atoms with Crippen molar-refractivity contribution >= 4 is 27.6 Å². The second kappa shape index (κ2) is 8.45. The van der Waals surface area contributed by atoms with Gasteiger partial charge in [0.1, 0.15) is 11.6 Å². The Labute approximate surface area is 184 Å². The number of aromatic nitrogens is 2. The Hall–Kier alpha value is -2.68. The first-order valence-electron chi connectivity index (χ1n) is 10.4. The summed E-state index contributed by atoms with van der Waals surface area (Å²) in [5, 5.41) is -0.202. The number of carbonyl (C=O) groups is 1. The molecular formula is C22H31N5O3S. The van der Waals surface area contributed by atoms with Gasteiger partial charge in [0.2, 0.25) is 0 Å². The normalized spacial score (nSPS) is 18.3. The van der Waals surface area contributed by atoms with Crippen molar-refractivity contribution in [3.63, 3.8) is 0 Å². The SMILES string of the molecule is CC(C)N(C)c1cccc(S(=O)(=O)NC(=O)c2cccnc2N2CCC(C)C2(C)C)n1.